The lowest BCUT2D eigenvalue weighted by Crippen LogP contribution is -2.16. The SMILES string of the molecule is CC(C)Oc1ccc(NCCNc2c(C#N)cnn2C)cc1. The second kappa shape index (κ2) is 7.36. The Morgan fingerprint density at radius 1 is 1.23 bits per heavy atom. The third kappa shape index (κ3) is 4.16. The highest BCUT2D eigenvalue weighted by Gasteiger charge is 2.06. The van der Waals surface area contributed by atoms with E-state index in [4.69, 9.17) is 10.00 Å². The molecule has 2 aromatic rings. The molecule has 0 fully saturated rings. The van der Waals surface area contributed by atoms with Crippen molar-refractivity contribution in [3.63, 3.8) is 0 Å². The molecule has 0 saturated heterocycles. The van der Waals surface area contributed by atoms with E-state index in [2.05, 4.69) is 21.8 Å². The Bertz CT molecular complexity index is 640. The second-order valence-electron chi connectivity index (χ2n) is 5.19. The van der Waals surface area contributed by atoms with Crippen LogP contribution >= 0.6 is 0 Å². The number of hydrogen-bond acceptors (Lipinski definition) is 5. The average Bonchev–Trinajstić information content (AvgIpc) is 2.85. The minimum absolute atomic E-state index is 0.177. The summed E-state index contributed by atoms with van der Waals surface area (Å²) >= 11 is 0. The topological polar surface area (TPSA) is 74.9 Å². The van der Waals surface area contributed by atoms with Crippen LogP contribution in [0, 0.1) is 11.3 Å². The summed E-state index contributed by atoms with van der Waals surface area (Å²) < 4.78 is 7.27. The number of rotatable bonds is 7. The van der Waals surface area contributed by atoms with Gasteiger partial charge in [0.25, 0.3) is 0 Å². The molecule has 0 spiro atoms. The van der Waals surface area contributed by atoms with Crippen molar-refractivity contribution < 1.29 is 4.74 Å². The van der Waals surface area contributed by atoms with Gasteiger partial charge in [-0.25, -0.2) is 0 Å². The van der Waals surface area contributed by atoms with Gasteiger partial charge in [0, 0.05) is 25.8 Å². The number of nitrogens with one attached hydrogen (secondary N) is 2. The van der Waals surface area contributed by atoms with E-state index in [0.717, 1.165) is 23.8 Å². The number of nitrogens with zero attached hydrogens (tertiary/aromatic N) is 3. The van der Waals surface area contributed by atoms with Gasteiger partial charge in [-0.1, -0.05) is 0 Å². The molecule has 0 aliphatic heterocycles. The third-order valence-electron chi connectivity index (χ3n) is 3.03. The summed E-state index contributed by atoms with van der Waals surface area (Å²) in [6.07, 6.45) is 1.74. The standard InChI is InChI=1S/C16H21N5O/c1-12(2)22-15-6-4-14(5-7-15)18-8-9-19-16-13(10-17)11-20-21(16)3/h4-7,11-12,18-19H,8-9H2,1-3H3. The molecule has 0 atom stereocenters. The fourth-order valence-corrected chi connectivity index (χ4v) is 2.04. The van der Waals surface area contributed by atoms with E-state index < -0.39 is 0 Å². The Morgan fingerprint density at radius 3 is 2.55 bits per heavy atom. The predicted octanol–water partition coefficient (Wildman–Crippen LogP) is 2.60. The molecule has 1 aromatic heterocycles. The largest absolute Gasteiger partial charge is 0.491 e. The maximum Gasteiger partial charge on any atom is 0.142 e. The highest BCUT2D eigenvalue weighted by molar-refractivity contribution is 5.51. The minimum atomic E-state index is 0.177. The molecule has 0 aliphatic carbocycles. The molecule has 0 bridgehead atoms. The van der Waals surface area contributed by atoms with Crippen LogP contribution in [0.15, 0.2) is 30.5 Å². The normalized spacial score (nSPS) is 10.3. The molecule has 6 nitrogen and oxygen atoms in total. The van der Waals surface area contributed by atoms with Gasteiger partial charge in [0.1, 0.15) is 23.2 Å². The molecule has 0 radical (unpaired) electrons. The lowest BCUT2D eigenvalue weighted by atomic mass is 10.3. The van der Waals surface area contributed by atoms with Gasteiger partial charge in [0.15, 0.2) is 0 Å². The lowest BCUT2D eigenvalue weighted by molar-refractivity contribution is 0.242. The molecule has 0 saturated carbocycles. The molecule has 6 heteroatoms. The quantitative estimate of drug-likeness (QED) is 0.769. The number of ether oxygens (including phenoxy) is 1. The Balaban J connectivity index is 1.79. The Hall–Kier alpha value is -2.68. The van der Waals surface area contributed by atoms with Crippen molar-refractivity contribution in [1.82, 2.24) is 9.78 Å². The van der Waals surface area contributed by atoms with E-state index in [-0.39, 0.29) is 6.10 Å². The van der Waals surface area contributed by atoms with Crippen LogP contribution in [-0.4, -0.2) is 29.0 Å². The molecule has 2 N–H and O–H groups in total. The zero-order valence-corrected chi connectivity index (χ0v) is 13.1. The highest BCUT2D eigenvalue weighted by Crippen LogP contribution is 2.17. The van der Waals surface area contributed by atoms with Crippen LogP contribution in [0.4, 0.5) is 11.5 Å². The maximum atomic E-state index is 8.98. The van der Waals surface area contributed by atoms with Crippen LogP contribution in [-0.2, 0) is 7.05 Å². The molecule has 1 aromatic carbocycles. The molecule has 0 unspecified atom stereocenters. The van der Waals surface area contributed by atoms with E-state index in [1.54, 1.807) is 10.9 Å². The summed E-state index contributed by atoms with van der Waals surface area (Å²) in [6, 6.07) is 9.99. The molecular formula is C16H21N5O. The predicted molar refractivity (Wildman–Crippen MR) is 87.1 cm³/mol. The molecule has 116 valence electrons. The first-order chi connectivity index (χ1) is 10.6. The summed E-state index contributed by atoms with van der Waals surface area (Å²) in [5.74, 6) is 1.61. The monoisotopic (exact) mass is 299 g/mol. The zero-order valence-electron chi connectivity index (χ0n) is 13.1. The van der Waals surface area contributed by atoms with Crippen LogP contribution in [0.1, 0.15) is 19.4 Å². The van der Waals surface area contributed by atoms with Crippen molar-refractivity contribution in [3.05, 3.63) is 36.0 Å². The molecule has 2 rings (SSSR count). The van der Waals surface area contributed by atoms with E-state index in [1.165, 1.54) is 0 Å². The number of aryl methyl sites for hydroxylation is 1. The van der Waals surface area contributed by atoms with Gasteiger partial charge in [-0.05, 0) is 38.1 Å². The third-order valence-corrected chi connectivity index (χ3v) is 3.03. The maximum absolute atomic E-state index is 8.98. The molecule has 0 amide bonds. The molecule has 22 heavy (non-hydrogen) atoms. The average molecular weight is 299 g/mol. The van der Waals surface area contributed by atoms with Gasteiger partial charge in [0.2, 0.25) is 0 Å². The Morgan fingerprint density at radius 2 is 1.91 bits per heavy atom. The van der Waals surface area contributed by atoms with E-state index in [9.17, 15) is 0 Å². The minimum Gasteiger partial charge on any atom is -0.491 e. The molecular weight excluding hydrogens is 278 g/mol. The van der Waals surface area contributed by atoms with Gasteiger partial charge >= 0.3 is 0 Å². The van der Waals surface area contributed by atoms with Crippen molar-refractivity contribution >= 4 is 11.5 Å². The van der Waals surface area contributed by atoms with Gasteiger partial charge in [0.05, 0.1) is 12.3 Å². The van der Waals surface area contributed by atoms with Gasteiger partial charge < -0.3 is 15.4 Å². The van der Waals surface area contributed by atoms with Crippen molar-refractivity contribution in [2.24, 2.45) is 7.05 Å². The highest BCUT2D eigenvalue weighted by atomic mass is 16.5. The molecule has 0 aliphatic rings. The summed E-state index contributed by atoms with van der Waals surface area (Å²) in [7, 11) is 1.81. The smallest absolute Gasteiger partial charge is 0.142 e. The van der Waals surface area contributed by atoms with Gasteiger partial charge in [-0.3, -0.25) is 4.68 Å². The van der Waals surface area contributed by atoms with Crippen molar-refractivity contribution in [2.75, 3.05) is 23.7 Å². The number of anilines is 2. The summed E-state index contributed by atoms with van der Waals surface area (Å²) in [6.45, 7) is 5.44. The summed E-state index contributed by atoms with van der Waals surface area (Å²) in [5, 5.41) is 19.6. The molecule has 1 heterocycles. The first-order valence-corrected chi connectivity index (χ1v) is 7.26. The first-order valence-electron chi connectivity index (χ1n) is 7.26. The summed E-state index contributed by atoms with van der Waals surface area (Å²) in [5.41, 5.74) is 1.58. The number of nitriles is 1. The Kier molecular flexibility index (Phi) is 5.26. The zero-order chi connectivity index (χ0) is 15.9. The lowest BCUT2D eigenvalue weighted by Gasteiger charge is -2.12. The van der Waals surface area contributed by atoms with Crippen LogP contribution in [0.3, 0.4) is 0 Å². The number of aromatic nitrogens is 2. The van der Waals surface area contributed by atoms with E-state index in [1.807, 2.05) is 45.2 Å². The van der Waals surface area contributed by atoms with Crippen LogP contribution in [0.25, 0.3) is 0 Å². The fourth-order valence-electron chi connectivity index (χ4n) is 2.04. The van der Waals surface area contributed by atoms with Gasteiger partial charge in [-0.15, -0.1) is 0 Å². The van der Waals surface area contributed by atoms with Crippen LogP contribution in [0.2, 0.25) is 0 Å². The number of benzene rings is 1. The van der Waals surface area contributed by atoms with Crippen LogP contribution < -0.4 is 15.4 Å². The Labute approximate surface area is 130 Å². The second-order valence-corrected chi connectivity index (χ2v) is 5.19. The van der Waals surface area contributed by atoms with Crippen molar-refractivity contribution in [2.45, 2.75) is 20.0 Å². The number of hydrogen-bond donors (Lipinski definition) is 2. The van der Waals surface area contributed by atoms with Crippen LogP contribution in [0.5, 0.6) is 5.75 Å². The van der Waals surface area contributed by atoms with Crippen molar-refractivity contribution in [1.29, 1.82) is 5.26 Å². The summed E-state index contributed by atoms with van der Waals surface area (Å²) in [4.78, 5) is 0. The van der Waals surface area contributed by atoms with E-state index in [0.29, 0.717) is 12.1 Å². The van der Waals surface area contributed by atoms with Crippen molar-refractivity contribution in [3.8, 4) is 11.8 Å². The van der Waals surface area contributed by atoms with E-state index >= 15 is 0 Å². The fraction of sp³-hybridized carbons (Fsp3) is 0.375. The van der Waals surface area contributed by atoms with Gasteiger partial charge in [-0.2, -0.15) is 10.4 Å². The first kappa shape index (κ1) is 15.7.